The minimum Gasteiger partial charge on any atom is -0.484 e. The number of nitrogens with zero attached hydrogens (tertiary/aromatic N) is 3. The minimum atomic E-state index is -0.231. The van der Waals surface area contributed by atoms with E-state index < -0.39 is 0 Å². The van der Waals surface area contributed by atoms with Crippen molar-refractivity contribution in [2.24, 2.45) is 0 Å². The van der Waals surface area contributed by atoms with Gasteiger partial charge in [0.05, 0.1) is 5.69 Å². The third-order valence-electron chi connectivity index (χ3n) is 4.35. The van der Waals surface area contributed by atoms with Gasteiger partial charge in [-0.05, 0) is 54.4 Å². The lowest BCUT2D eigenvalue weighted by molar-refractivity contribution is -0.118. The van der Waals surface area contributed by atoms with E-state index in [1.54, 1.807) is 10.9 Å². The van der Waals surface area contributed by atoms with Gasteiger partial charge >= 0.3 is 0 Å². The zero-order chi connectivity index (χ0) is 19.3. The molecule has 4 aromatic rings. The largest absolute Gasteiger partial charge is 0.484 e. The number of amides is 1. The monoisotopic (exact) mass is 372 g/mol. The number of carbonyl (C=O) groups is 1. The van der Waals surface area contributed by atoms with Crippen molar-refractivity contribution in [3.05, 3.63) is 78.4 Å². The van der Waals surface area contributed by atoms with Crippen molar-refractivity contribution in [1.82, 2.24) is 15.0 Å². The molecule has 0 saturated heterocycles. The summed E-state index contributed by atoms with van der Waals surface area (Å²) in [5, 5.41) is 11.9. The van der Waals surface area contributed by atoms with Crippen LogP contribution in [0.3, 0.4) is 0 Å². The lowest BCUT2D eigenvalue weighted by Crippen LogP contribution is -2.20. The number of fused-ring (bicyclic) bond motifs is 1. The molecule has 0 bridgehead atoms. The molecule has 1 N–H and O–H groups in total. The maximum atomic E-state index is 12.1. The van der Waals surface area contributed by atoms with Gasteiger partial charge in [0.25, 0.3) is 5.91 Å². The summed E-state index contributed by atoms with van der Waals surface area (Å²) in [6.07, 6.45) is 0.992. The molecule has 1 aromatic heterocycles. The predicted molar refractivity (Wildman–Crippen MR) is 109 cm³/mol. The molecule has 1 heterocycles. The highest BCUT2D eigenvalue weighted by Crippen LogP contribution is 2.18. The summed E-state index contributed by atoms with van der Waals surface area (Å²) in [5.41, 5.74) is 4.29. The summed E-state index contributed by atoms with van der Waals surface area (Å²) in [5.74, 6) is 0.427. The Balaban J connectivity index is 1.46. The van der Waals surface area contributed by atoms with Crippen molar-refractivity contribution in [2.75, 3.05) is 11.9 Å². The fourth-order valence-electron chi connectivity index (χ4n) is 2.84. The molecule has 0 unspecified atom stereocenters. The SMILES string of the molecule is CCc1ccc(-n2nc3ccc(NC(=O)COc4ccccc4)cc3n2)cc1. The van der Waals surface area contributed by atoms with Crippen molar-refractivity contribution >= 4 is 22.6 Å². The van der Waals surface area contributed by atoms with Crippen LogP contribution in [0.4, 0.5) is 5.69 Å². The summed E-state index contributed by atoms with van der Waals surface area (Å²) >= 11 is 0. The van der Waals surface area contributed by atoms with Gasteiger partial charge in [-0.15, -0.1) is 10.2 Å². The number of ether oxygens (including phenoxy) is 1. The van der Waals surface area contributed by atoms with E-state index in [-0.39, 0.29) is 12.5 Å². The first kappa shape index (κ1) is 17.7. The summed E-state index contributed by atoms with van der Waals surface area (Å²) in [6, 6.07) is 22.8. The van der Waals surface area contributed by atoms with Crippen LogP contribution in [0.1, 0.15) is 12.5 Å². The van der Waals surface area contributed by atoms with Gasteiger partial charge in [-0.1, -0.05) is 37.3 Å². The van der Waals surface area contributed by atoms with Gasteiger partial charge in [-0.2, -0.15) is 4.80 Å². The van der Waals surface area contributed by atoms with Crippen molar-refractivity contribution in [2.45, 2.75) is 13.3 Å². The molecular weight excluding hydrogens is 352 g/mol. The number of carbonyl (C=O) groups excluding carboxylic acids is 1. The fraction of sp³-hybridized carbons (Fsp3) is 0.136. The van der Waals surface area contributed by atoms with Gasteiger partial charge in [-0.3, -0.25) is 4.79 Å². The molecule has 6 heteroatoms. The van der Waals surface area contributed by atoms with Crippen LogP contribution in [-0.4, -0.2) is 27.5 Å². The van der Waals surface area contributed by atoms with Crippen molar-refractivity contribution in [1.29, 1.82) is 0 Å². The standard InChI is InChI=1S/C22H20N4O2/c1-2-16-8-11-18(12-9-16)26-24-20-13-10-17(14-21(20)25-26)23-22(27)15-28-19-6-4-3-5-7-19/h3-14H,2,15H2,1H3,(H,23,27). The average molecular weight is 372 g/mol. The number of rotatable bonds is 6. The molecule has 6 nitrogen and oxygen atoms in total. The van der Waals surface area contributed by atoms with Gasteiger partial charge in [0.1, 0.15) is 16.8 Å². The Labute approximate surface area is 162 Å². The zero-order valence-corrected chi connectivity index (χ0v) is 15.5. The number of hydrogen-bond donors (Lipinski definition) is 1. The molecule has 0 radical (unpaired) electrons. The summed E-state index contributed by atoms with van der Waals surface area (Å²) in [7, 11) is 0. The number of benzene rings is 3. The van der Waals surface area contributed by atoms with Crippen LogP contribution >= 0.6 is 0 Å². The Morgan fingerprint density at radius 2 is 1.71 bits per heavy atom. The molecule has 4 rings (SSSR count). The Kier molecular flexibility index (Phi) is 5.01. The Bertz CT molecular complexity index is 1090. The van der Waals surface area contributed by atoms with Crippen molar-refractivity contribution in [3.8, 4) is 11.4 Å². The van der Waals surface area contributed by atoms with Crippen LogP contribution in [0.2, 0.25) is 0 Å². The molecule has 0 saturated carbocycles. The fourth-order valence-corrected chi connectivity index (χ4v) is 2.84. The average Bonchev–Trinajstić information content (AvgIpc) is 3.16. The molecule has 140 valence electrons. The van der Waals surface area contributed by atoms with E-state index in [2.05, 4.69) is 34.6 Å². The maximum Gasteiger partial charge on any atom is 0.262 e. The van der Waals surface area contributed by atoms with Crippen molar-refractivity contribution < 1.29 is 9.53 Å². The third-order valence-corrected chi connectivity index (χ3v) is 4.35. The molecule has 0 aliphatic rings. The quantitative estimate of drug-likeness (QED) is 0.555. The molecule has 0 spiro atoms. The number of hydrogen-bond acceptors (Lipinski definition) is 4. The molecule has 1 amide bonds. The van der Waals surface area contributed by atoms with Crippen LogP contribution in [0, 0.1) is 0 Å². The minimum absolute atomic E-state index is 0.0570. The van der Waals surface area contributed by atoms with Gasteiger partial charge in [0.2, 0.25) is 0 Å². The van der Waals surface area contributed by atoms with Crippen LogP contribution in [-0.2, 0) is 11.2 Å². The topological polar surface area (TPSA) is 69.0 Å². The highest BCUT2D eigenvalue weighted by molar-refractivity contribution is 5.93. The van der Waals surface area contributed by atoms with Crippen LogP contribution in [0.25, 0.3) is 16.7 Å². The van der Waals surface area contributed by atoms with Crippen molar-refractivity contribution in [3.63, 3.8) is 0 Å². The van der Waals surface area contributed by atoms with E-state index in [4.69, 9.17) is 4.74 Å². The normalized spacial score (nSPS) is 10.8. The molecule has 0 fully saturated rings. The molecule has 0 aliphatic heterocycles. The van der Waals surface area contributed by atoms with Gasteiger partial charge in [0.15, 0.2) is 6.61 Å². The number of aryl methyl sites for hydroxylation is 1. The van der Waals surface area contributed by atoms with E-state index in [1.807, 2.05) is 54.6 Å². The predicted octanol–water partition coefficient (Wildman–Crippen LogP) is 4.00. The van der Waals surface area contributed by atoms with Gasteiger partial charge in [0, 0.05) is 5.69 Å². The zero-order valence-electron chi connectivity index (χ0n) is 15.5. The first-order chi connectivity index (χ1) is 13.7. The maximum absolute atomic E-state index is 12.1. The second-order valence-corrected chi connectivity index (χ2v) is 6.36. The molecule has 0 aliphatic carbocycles. The lowest BCUT2D eigenvalue weighted by Gasteiger charge is -2.07. The second-order valence-electron chi connectivity index (χ2n) is 6.36. The first-order valence-corrected chi connectivity index (χ1v) is 9.15. The van der Waals surface area contributed by atoms with E-state index in [0.29, 0.717) is 17.0 Å². The molecule has 28 heavy (non-hydrogen) atoms. The smallest absolute Gasteiger partial charge is 0.262 e. The Hall–Kier alpha value is -3.67. The third kappa shape index (κ3) is 4.01. The molecule has 3 aromatic carbocycles. The first-order valence-electron chi connectivity index (χ1n) is 9.15. The van der Waals surface area contributed by atoms with E-state index in [9.17, 15) is 4.79 Å². The van der Waals surface area contributed by atoms with E-state index in [1.165, 1.54) is 5.56 Å². The summed E-state index contributed by atoms with van der Waals surface area (Å²) < 4.78 is 5.46. The van der Waals surface area contributed by atoms with E-state index >= 15 is 0 Å². The number of nitrogens with one attached hydrogen (secondary N) is 1. The van der Waals surface area contributed by atoms with Gasteiger partial charge in [-0.25, -0.2) is 0 Å². The van der Waals surface area contributed by atoms with Crippen LogP contribution in [0.5, 0.6) is 5.75 Å². The second kappa shape index (κ2) is 7.92. The highest BCUT2D eigenvalue weighted by Gasteiger charge is 2.08. The highest BCUT2D eigenvalue weighted by atomic mass is 16.5. The van der Waals surface area contributed by atoms with Crippen LogP contribution < -0.4 is 10.1 Å². The van der Waals surface area contributed by atoms with Gasteiger partial charge < -0.3 is 10.1 Å². The summed E-state index contributed by atoms with van der Waals surface area (Å²) in [4.78, 5) is 13.7. The molecule has 0 atom stereocenters. The number of anilines is 1. The molecular formula is C22H20N4O2. The Morgan fingerprint density at radius 3 is 2.46 bits per heavy atom. The number of aromatic nitrogens is 3. The van der Waals surface area contributed by atoms with Crippen LogP contribution in [0.15, 0.2) is 72.8 Å². The van der Waals surface area contributed by atoms with E-state index in [0.717, 1.165) is 17.6 Å². The Morgan fingerprint density at radius 1 is 0.964 bits per heavy atom. The summed E-state index contributed by atoms with van der Waals surface area (Å²) in [6.45, 7) is 2.06. The lowest BCUT2D eigenvalue weighted by atomic mass is 10.2. The number of para-hydroxylation sites is 1.